The first kappa shape index (κ1) is 19.4. The molecule has 6 nitrogen and oxygen atoms in total. The lowest BCUT2D eigenvalue weighted by Gasteiger charge is -2.14. The van der Waals surface area contributed by atoms with E-state index in [1.165, 1.54) is 17.4 Å². The molecule has 1 amide bonds. The minimum absolute atomic E-state index is 0.186. The van der Waals surface area contributed by atoms with E-state index in [9.17, 15) is 9.18 Å². The van der Waals surface area contributed by atoms with Gasteiger partial charge in [0, 0.05) is 23.7 Å². The van der Waals surface area contributed by atoms with Crippen LogP contribution >= 0.6 is 11.3 Å². The summed E-state index contributed by atoms with van der Waals surface area (Å²) in [6, 6.07) is 3.11. The largest absolute Gasteiger partial charge is 0.487 e. The van der Waals surface area contributed by atoms with Crippen molar-refractivity contribution < 1.29 is 13.9 Å². The maximum Gasteiger partial charge on any atom is 0.263 e. The molecule has 0 spiro atoms. The Kier molecular flexibility index (Phi) is 5.04. The summed E-state index contributed by atoms with van der Waals surface area (Å²) in [6.45, 7) is 7.69. The van der Waals surface area contributed by atoms with Crippen LogP contribution in [0.4, 0.5) is 4.39 Å². The zero-order valence-corrected chi connectivity index (χ0v) is 17.5. The third-order valence-electron chi connectivity index (χ3n) is 4.85. The number of aryl methyl sites for hydroxylation is 4. The van der Waals surface area contributed by atoms with E-state index in [-0.39, 0.29) is 24.4 Å². The Balaban J connectivity index is 1.55. The molecule has 0 radical (unpaired) electrons. The molecule has 0 unspecified atom stereocenters. The third kappa shape index (κ3) is 3.72. The molecule has 150 valence electrons. The second kappa shape index (κ2) is 7.51. The second-order valence-corrected chi connectivity index (χ2v) is 8.35. The van der Waals surface area contributed by atoms with Crippen LogP contribution in [0.3, 0.4) is 0 Å². The zero-order valence-electron chi connectivity index (χ0n) is 16.7. The van der Waals surface area contributed by atoms with Crippen molar-refractivity contribution >= 4 is 17.2 Å². The lowest BCUT2D eigenvalue weighted by atomic mass is 10.0. The highest BCUT2D eigenvalue weighted by molar-refractivity contribution is 7.13. The van der Waals surface area contributed by atoms with Gasteiger partial charge in [0.05, 0.1) is 34.3 Å². The number of nitrogens with zero attached hydrogens (tertiary/aromatic N) is 3. The van der Waals surface area contributed by atoms with Gasteiger partial charge in [-0.3, -0.25) is 9.78 Å². The molecule has 4 rings (SSSR count). The molecule has 0 bridgehead atoms. The van der Waals surface area contributed by atoms with Crippen molar-refractivity contribution in [3.05, 3.63) is 56.7 Å². The molecule has 29 heavy (non-hydrogen) atoms. The minimum atomic E-state index is -0.350. The van der Waals surface area contributed by atoms with Crippen molar-refractivity contribution in [3.8, 4) is 17.0 Å². The number of thiazole rings is 1. The molecule has 8 heteroatoms. The first-order chi connectivity index (χ1) is 13.8. The van der Waals surface area contributed by atoms with Crippen molar-refractivity contribution in [2.45, 2.75) is 40.2 Å². The van der Waals surface area contributed by atoms with Gasteiger partial charge in [-0.1, -0.05) is 0 Å². The van der Waals surface area contributed by atoms with Crippen LogP contribution in [0.1, 0.15) is 37.3 Å². The lowest BCUT2D eigenvalue weighted by molar-refractivity contribution is 0.0937. The van der Waals surface area contributed by atoms with E-state index in [1.54, 1.807) is 12.3 Å². The number of hydrogen-bond acceptors (Lipinski definition) is 6. The van der Waals surface area contributed by atoms with Gasteiger partial charge in [0.2, 0.25) is 0 Å². The fourth-order valence-electron chi connectivity index (χ4n) is 3.49. The molecule has 1 aromatic carbocycles. The van der Waals surface area contributed by atoms with E-state index in [0.717, 1.165) is 22.0 Å². The van der Waals surface area contributed by atoms with Crippen LogP contribution in [0.2, 0.25) is 0 Å². The Morgan fingerprint density at radius 1 is 1.24 bits per heavy atom. The van der Waals surface area contributed by atoms with Gasteiger partial charge in [-0.25, -0.2) is 14.4 Å². The van der Waals surface area contributed by atoms with Crippen LogP contribution in [0.5, 0.6) is 5.75 Å². The van der Waals surface area contributed by atoms with E-state index < -0.39 is 0 Å². The number of aromatic nitrogens is 3. The summed E-state index contributed by atoms with van der Waals surface area (Å²) in [7, 11) is 0. The molecule has 0 saturated carbocycles. The minimum Gasteiger partial charge on any atom is -0.487 e. The van der Waals surface area contributed by atoms with Gasteiger partial charge in [-0.05, 0) is 39.8 Å². The van der Waals surface area contributed by atoms with Gasteiger partial charge in [-0.2, -0.15) is 0 Å². The smallest absolute Gasteiger partial charge is 0.263 e. The highest BCUT2D eigenvalue weighted by Gasteiger charge is 2.30. The van der Waals surface area contributed by atoms with Crippen LogP contribution in [-0.2, 0) is 6.42 Å². The average Bonchev–Trinajstić information content (AvgIpc) is 3.26. The Morgan fingerprint density at radius 3 is 2.76 bits per heavy atom. The lowest BCUT2D eigenvalue weighted by Crippen LogP contribution is -2.34. The molecule has 0 saturated heterocycles. The summed E-state index contributed by atoms with van der Waals surface area (Å²) in [4.78, 5) is 26.2. The van der Waals surface area contributed by atoms with E-state index >= 15 is 0 Å². The topological polar surface area (TPSA) is 77.0 Å². The van der Waals surface area contributed by atoms with Gasteiger partial charge < -0.3 is 10.1 Å². The first-order valence-corrected chi connectivity index (χ1v) is 10.2. The van der Waals surface area contributed by atoms with Crippen molar-refractivity contribution in [3.63, 3.8) is 0 Å². The fraction of sp³-hybridized carbons (Fsp3) is 0.333. The van der Waals surface area contributed by atoms with Crippen molar-refractivity contribution in [2.75, 3.05) is 6.54 Å². The van der Waals surface area contributed by atoms with Gasteiger partial charge in [0.25, 0.3) is 5.91 Å². The van der Waals surface area contributed by atoms with Gasteiger partial charge in [0.15, 0.2) is 0 Å². The van der Waals surface area contributed by atoms with Gasteiger partial charge in [-0.15, -0.1) is 11.3 Å². The highest BCUT2D eigenvalue weighted by Crippen LogP contribution is 2.40. The van der Waals surface area contributed by atoms with Gasteiger partial charge in [0.1, 0.15) is 22.5 Å². The Hall–Kier alpha value is -2.87. The van der Waals surface area contributed by atoms with Crippen LogP contribution in [0, 0.1) is 33.5 Å². The molecule has 2 aromatic heterocycles. The van der Waals surface area contributed by atoms with Crippen LogP contribution in [0.25, 0.3) is 11.3 Å². The van der Waals surface area contributed by atoms with E-state index in [2.05, 4.69) is 20.3 Å². The third-order valence-corrected chi connectivity index (χ3v) is 5.92. The molecule has 1 N–H and O–H groups in total. The summed E-state index contributed by atoms with van der Waals surface area (Å²) in [5, 5.41) is 3.73. The molecular weight excluding hydrogens is 391 g/mol. The van der Waals surface area contributed by atoms with Gasteiger partial charge >= 0.3 is 0 Å². The Labute approximate surface area is 172 Å². The van der Waals surface area contributed by atoms with E-state index in [1.807, 2.05) is 27.7 Å². The van der Waals surface area contributed by atoms with Crippen LogP contribution < -0.4 is 10.1 Å². The molecule has 0 fully saturated rings. The molecular formula is C21H21FN4O2S. The number of hydrogen-bond donors (Lipinski definition) is 1. The van der Waals surface area contributed by atoms with E-state index in [0.29, 0.717) is 34.0 Å². The Morgan fingerprint density at radius 2 is 2.03 bits per heavy atom. The standard InChI is InChI=1S/C21H21FN4O2S/c1-10-8-23-11(2)18(25-10)15-5-6-17(22)16-7-14(28-19(15)16)9-24-21(27)20-12(3)26-13(4)29-20/h5-6,8,14H,7,9H2,1-4H3,(H,24,27)/t14-/m1/s1. The molecule has 3 aromatic rings. The van der Waals surface area contributed by atoms with Crippen molar-refractivity contribution in [1.29, 1.82) is 0 Å². The van der Waals surface area contributed by atoms with Crippen molar-refractivity contribution in [1.82, 2.24) is 20.3 Å². The Bertz CT molecular complexity index is 1110. The maximum absolute atomic E-state index is 14.4. The fourth-order valence-corrected chi connectivity index (χ4v) is 4.32. The summed E-state index contributed by atoms with van der Waals surface area (Å²) in [6.07, 6.45) is 1.73. The predicted molar refractivity (Wildman–Crippen MR) is 109 cm³/mol. The number of amides is 1. The van der Waals surface area contributed by atoms with E-state index in [4.69, 9.17) is 4.74 Å². The number of fused-ring (bicyclic) bond motifs is 1. The number of benzene rings is 1. The molecule has 0 aliphatic carbocycles. The number of carbonyl (C=O) groups excluding carboxylic acids is 1. The summed E-state index contributed by atoms with van der Waals surface area (Å²) < 4.78 is 20.5. The number of ether oxygens (including phenoxy) is 1. The predicted octanol–water partition coefficient (Wildman–Crippen LogP) is 3.71. The number of halogens is 1. The molecule has 1 aliphatic heterocycles. The average molecular weight is 412 g/mol. The summed E-state index contributed by atoms with van der Waals surface area (Å²) >= 11 is 1.36. The summed E-state index contributed by atoms with van der Waals surface area (Å²) in [5.41, 5.74) is 4.15. The SMILES string of the molecule is Cc1cnc(C)c(-c2ccc(F)c3c2O[C@@H](CNC(=O)c2sc(C)nc2C)C3)n1. The quantitative estimate of drug-likeness (QED) is 0.707. The van der Waals surface area contributed by atoms with Crippen molar-refractivity contribution in [2.24, 2.45) is 0 Å². The second-order valence-electron chi connectivity index (χ2n) is 7.15. The normalized spacial score (nSPS) is 15.1. The van der Waals surface area contributed by atoms with Crippen LogP contribution in [0.15, 0.2) is 18.3 Å². The highest BCUT2D eigenvalue weighted by atomic mass is 32.1. The number of carbonyl (C=O) groups is 1. The number of nitrogens with one attached hydrogen (secondary N) is 1. The zero-order chi connectivity index (χ0) is 20.7. The molecule has 1 aliphatic rings. The maximum atomic E-state index is 14.4. The molecule has 1 atom stereocenters. The number of rotatable bonds is 4. The first-order valence-electron chi connectivity index (χ1n) is 9.34. The monoisotopic (exact) mass is 412 g/mol. The summed E-state index contributed by atoms with van der Waals surface area (Å²) in [5.74, 6) is -0.0180. The van der Waals surface area contributed by atoms with Crippen LogP contribution in [-0.4, -0.2) is 33.5 Å². The molecule has 3 heterocycles.